The van der Waals surface area contributed by atoms with Crippen molar-refractivity contribution in [3.05, 3.63) is 66.2 Å². The molecule has 0 amide bonds. The first kappa shape index (κ1) is 18.7. The molecule has 26 heavy (non-hydrogen) atoms. The van der Waals surface area contributed by atoms with E-state index in [0.29, 0.717) is 0 Å². The summed E-state index contributed by atoms with van der Waals surface area (Å²) >= 11 is 1.84. The average molecular weight is 365 g/mol. The summed E-state index contributed by atoms with van der Waals surface area (Å²) in [6.07, 6.45) is 6.35. The molecule has 0 atom stereocenters. The zero-order valence-electron chi connectivity index (χ0n) is 15.8. The van der Waals surface area contributed by atoms with Crippen molar-refractivity contribution in [2.24, 2.45) is 0 Å². The van der Waals surface area contributed by atoms with Crippen LogP contribution in [-0.2, 0) is 0 Å². The Bertz CT molecular complexity index is 784. The first-order valence-corrected chi connectivity index (χ1v) is 10.5. The Morgan fingerprint density at radius 3 is 1.88 bits per heavy atom. The van der Waals surface area contributed by atoms with Gasteiger partial charge >= 0.3 is 0 Å². The number of hydrogen-bond acceptors (Lipinski definition) is 2. The van der Waals surface area contributed by atoms with Gasteiger partial charge in [0.15, 0.2) is 0 Å². The zero-order valence-corrected chi connectivity index (χ0v) is 16.6. The van der Waals surface area contributed by atoms with E-state index in [9.17, 15) is 0 Å². The quantitative estimate of drug-likeness (QED) is 0.353. The minimum Gasteiger partial charge on any atom is -0.494 e. The molecule has 0 bridgehead atoms. The highest BCUT2D eigenvalue weighted by molar-refractivity contribution is 7.18. The molecule has 0 radical (unpaired) electrons. The van der Waals surface area contributed by atoms with Crippen LogP contribution in [0.1, 0.15) is 44.6 Å². The first-order valence-electron chi connectivity index (χ1n) is 9.66. The molecular formula is C24H28OS. The molecule has 0 aliphatic heterocycles. The van der Waals surface area contributed by atoms with Crippen molar-refractivity contribution in [1.29, 1.82) is 0 Å². The first-order chi connectivity index (χ1) is 12.8. The summed E-state index contributed by atoms with van der Waals surface area (Å²) in [6, 6.07) is 21.7. The standard InChI is InChI=1S/C24H28OS/c1-3-4-5-6-7-18-25-22-14-12-21(13-15-22)24-17-16-23(26-24)20-10-8-19(2)9-11-20/h8-17H,3-7,18H2,1-2H3. The Labute approximate surface area is 161 Å². The lowest BCUT2D eigenvalue weighted by molar-refractivity contribution is 0.304. The van der Waals surface area contributed by atoms with Crippen LogP contribution in [0.25, 0.3) is 20.9 Å². The van der Waals surface area contributed by atoms with E-state index in [1.807, 2.05) is 11.3 Å². The van der Waals surface area contributed by atoms with E-state index >= 15 is 0 Å². The van der Waals surface area contributed by atoms with E-state index in [0.717, 1.165) is 18.8 Å². The summed E-state index contributed by atoms with van der Waals surface area (Å²) in [4.78, 5) is 2.61. The number of ether oxygens (including phenoxy) is 1. The van der Waals surface area contributed by atoms with Crippen molar-refractivity contribution in [2.75, 3.05) is 6.61 Å². The molecule has 1 heterocycles. The van der Waals surface area contributed by atoms with Gasteiger partial charge in [0, 0.05) is 9.75 Å². The van der Waals surface area contributed by atoms with Crippen molar-refractivity contribution in [3.63, 3.8) is 0 Å². The van der Waals surface area contributed by atoms with Crippen molar-refractivity contribution < 1.29 is 4.74 Å². The minimum absolute atomic E-state index is 0.819. The fourth-order valence-electron chi connectivity index (χ4n) is 2.98. The summed E-state index contributed by atoms with van der Waals surface area (Å²) in [5, 5.41) is 0. The Balaban J connectivity index is 1.56. The second-order valence-electron chi connectivity index (χ2n) is 6.82. The lowest BCUT2D eigenvalue weighted by Crippen LogP contribution is -1.97. The third-order valence-corrected chi connectivity index (χ3v) is 5.78. The maximum atomic E-state index is 5.87. The second-order valence-corrected chi connectivity index (χ2v) is 7.90. The van der Waals surface area contributed by atoms with Crippen LogP contribution in [0.4, 0.5) is 0 Å². The number of unbranched alkanes of at least 4 members (excludes halogenated alkanes) is 4. The van der Waals surface area contributed by atoms with Gasteiger partial charge in [-0.3, -0.25) is 0 Å². The van der Waals surface area contributed by atoms with E-state index in [4.69, 9.17) is 4.74 Å². The normalized spacial score (nSPS) is 10.8. The lowest BCUT2D eigenvalue weighted by atomic mass is 10.1. The number of aryl methyl sites for hydroxylation is 1. The molecule has 0 spiro atoms. The summed E-state index contributed by atoms with van der Waals surface area (Å²) in [7, 11) is 0. The summed E-state index contributed by atoms with van der Waals surface area (Å²) in [5.74, 6) is 0.972. The molecular weight excluding hydrogens is 336 g/mol. The van der Waals surface area contributed by atoms with E-state index in [1.165, 1.54) is 52.1 Å². The minimum atomic E-state index is 0.819. The van der Waals surface area contributed by atoms with Crippen LogP contribution in [-0.4, -0.2) is 6.61 Å². The number of rotatable bonds is 9. The van der Waals surface area contributed by atoms with Crippen molar-refractivity contribution in [1.82, 2.24) is 0 Å². The Kier molecular flexibility index (Phi) is 6.90. The highest BCUT2D eigenvalue weighted by atomic mass is 32.1. The largest absolute Gasteiger partial charge is 0.494 e. The van der Waals surface area contributed by atoms with Gasteiger partial charge in [-0.2, -0.15) is 0 Å². The number of hydrogen-bond donors (Lipinski definition) is 0. The highest BCUT2D eigenvalue weighted by Gasteiger charge is 2.05. The SMILES string of the molecule is CCCCCCCOc1ccc(-c2ccc(-c3ccc(C)cc3)s2)cc1. The Morgan fingerprint density at radius 1 is 0.692 bits per heavy atom. The summed E-state index contributed by atoms with van der Waals surface area (Å²) in [5.41, 5.74) is 3.84. The molecule has 0 aliphatic carbocycles. The maximum Gasteiger partial charge on any atom is 0.119 e. The fourth-order valence-corrected chi connectivity index (χ4v) is 3.99. The predicted molar refractivity (Wildman–Crippen MR) is 114 cm³/mol. The van der Waals surface area contributed by atoms with Gasteiger partial charge in [0.05, 0.1) is 6.61 Å². The van der Waals surface area contributed by atoms with Crippen molar-refractivity contribution >= 4 is 11.3 Å². The van der Waals surface area contributed by atoms with Gasteiger partial charge in [-0.1, -0.05) is 62.4 Å². The van der Waals surface area contributed by atoms with Gasteiger partial charge in [-0.25, -0.2) is 0 Å². The van der Waals surface area contributed by atoms with Gasteiger partial charge in [-0.05, 0) is 60.9 Å². The van der Waals surface area contributed by atoms with Crippen molar-refractivity contribution in [2.45, 2.75) is 46.0 Å². The van der Waals surface area contributed by atoms with Crippen molar-refractivity contribution in [3.8, 4) is 26.6 Å². The molecule has 2 heteroatoms. The van der Waals surface area contributed by atoms with E-state index in [2.05, 4.69) is 74.5 Å². The smallest absolute Gasteiger partial charge is 0.119 e. The molecule has 1 nitrogen and oxygen atoms in total. The number of thiophene rings is 1. The molecule has 0 saturated carbocycles. The number of benzene rings is 2. The molecule has 1 aromatic heterocycles. The third kappa shape index (κ3) is 5.22. The summed E-state index contributed by atoms with van der Waals surface area (Å²) < 4.78 is 5.87. The third-order valence-electron chi connectivity index (χ3n) is 4.60. The van der Waals surface area contributed by atoms with Gasteiger partial charge in [0.1, 0.15) is 5.75 Å². The van der Waals surface area contributed by atoms with Crippen LogP contribution in [0.2, 0.25) is 0 Å². The Morgan fingerprint density at radius 2 is 1.27 bits per heavy atom. The van der Waals surface area contributed by atoms with Gasteiger partial charge < -0.3 is 4.74 Å². The van der Waals surface area contributed by atoms with Crippen LogP contribution in [0, 0.1) is 6.92 Å². The van der Waals surface area contributed by atoms with Crippen LogP contribution >= 0.6 is 11.3 Å². The summed E-state index contributed by atoms with van der Waals surface area (Å²) in [6.45, 7) is 5.19. The molecule has 2 aromatic carbocycles. The topological polar surface area (TPSA) is 9.23 Å². The zero-order chi connectivity index (χ0) is 18.2. The maximum absolute atomic E-state index is 5.87. The van der Waals surface area contributed by atoms with Crippen LogP contribution in [0.15, 0.2) is 60.7 Å². The average Bonchev–Trinajstić information content (AvgIpc) is 3.16. The van der Waals surface area contributed by atoms with Crippen LogP contribution in [0.3, 0.4) is 0 Å². The monoisotopic (exact) mass is 364 g/mol. The Hall–Kier alpha value is -2.06. The van der Waals surface area contributed by atoms with Crippen LogP contribution < -0.4 is 4.74 Å². The molecule has 3 aromatic rings. The molecule has 136 valence electrons. The van der Waals surface area contributed by atoms with E-state index in [1.54, 1.807) is 0 Å². The van der Waals surface area contributed by atoms with E-state index < -0.39 is 0 Å². The highest BCUT2D eigenvalue weighted by Crippen LogP contribution is 2.35. The second kappa shape index (κ2) is 9.59. The van der Waals surface area contributed by atoms with E-state index in [-0.39, 0.29) is 0 Å². The fraction of sp³-hybridized carbons (Fsp3) is 0.333. The molecule has 0 fully saturated rings. The molecule has 0 aliphatic rings. The molecule has 0 N–H and O–H groups in total. The molecule has 3 rings (SSSR count). The van der Waals surface area contributed by atoms with Gasteiger partial charge in [0.25, 0.3) is 0 Å². The van der Waals surface area contributed by atoms with Gasteiger partial charge in [-0.15, -0.1) is 11.3 Å². The molecule has 0 unspecified atom stereocenters. The predicted octanol–water partition coefficient (Wildman–Crippen LogP) is 7.74. The van der Waals surface area contributed by atoms with Gasteiger partial charge in [0.2, 0.25) is 0 Å². The lowest BCUT2D eigenvalue weighted by Gasteiger charge is -2.06. The van der Waals surface area contributed by atoms with Crippen LogP contribution in [0.5, 0.6) is 5.75 Å². The molecule has 0 saturated heterocycles.